The molecule has 0 aromatic heterocycles. The monoisotopic (exact) mass is 272 g/mol. The summed E-state index contributed by atoms with van der Waals surface area (Å²) in [5.41, 5.74) is 0.417. The van der Waals surface area contributed by atoms with Gasteiger partial charge in [0.05, 0.1) is 4.90 Å². The summed E-state index contributed by atoms with van der Waals surface area (Å²) < 4.78 is 29.6. The average molecular weight is 272 g/mol. The predicted octanol–water partition coefficient (Wildman–Crippen LogP) is 0.522. The molecule has 1 aromatic rings. The molecule has 0 saturated carbocycles. The molecule has 1 rings (SSSR count). The highest BCUT2D eigenvalue weighted by Gasteiger charge is 2.17. The first-order valence-electron chi connectivity index (χ1n) is 5.19. The van der Waals surface area contributed by atoms with Gasteiger partial charge in [0.25, 0.3) is 0 Å². The SMILES string of the molecule is COCC(=O)Nc1cccc(S(=O)(=O)N(C)C)c1. The van der Waals surface area contributed by atoms with E-state index in [1.165, 1.54) is 33.3 Å². The Morgan fingerprint density at radius 1 is 1.39 bits per heavy atom. The van der Waals surface area contributed by atoms with Gasteiger partial charge in [-0.15, -0.1) is 0 Å². The average Bonchev–Trinajstić information content (AvgIpc) is 2.29. The molecule has 0 atom stereocenters. The zero-order valence-corrected chi connectivity index (χ0v) is 11.3. The molecule has 1 amide bonds. The Morgan fingerprint density at radius 3 is 2.61 bits per heavy atom. The van der Waals surface area contributed by atoms with Gasteiger partial charge in [-0.3, -0.25) is 4.79 Å². The second kappa shape index (κ2) is 5.94. The molecule has 0 aliphatic rings. The molecular formula is C11H16N2O4S. The molecule has 0 radical (unpaired) electrons. The van der Waals surface area contributed by atoms with E-state index in [2.05, 4.69) is 10.1 Å². The van der Waals surface area contributed by atoms with Crippen LogP contribution in [0.2, 0.25) is 0 Å². The quantitative estimate of drug-likeness (QED) is 0.848. The molecule has 6 nitrogen and oxygen atoms in total. The maximum Gasteiger partial charge on any atom is 0.250 e. The first-order chi connectivity index (χ1) is 8.37. The summed E-state index contributed by atoms with van der Waals surface area (Å²) in [6, 6.07) is 6.06. The van der Waals surface area contributed by atoms with Crippen molar-refractivity contribution < 1.29 is 17.9 Å². The Hall–Kier alpha value is -1.44. The van der Waals surface area contributed by atoms with E-state index < -0.39 is 10.0 Å². The van der Waals surface area contributed by atoms with Crippen molar-refractivity contribution in [2.24, 2.45) is 0 Å². The molecular weight excluding hydrogens is 256 g/mol. The smallest absolute Gasteiger partial charge is 0.250 e. The molecule has 0 aliphatic carbocycles. The Labute approximate surface area is 107 Å². The zero-order chi connectivity index (χ0) is 13.8. The first kappa shape index (κ1) is 14.6. The second-order valence-electron chi connectivity index (χ2n) is 3.80. The van der Waals surface area contributed by atoms with Gasteiger partial charge in [0.1, 0.15) is 6.61 Å². The molecule has 7 heteroatoms. The summed E-state index contributed by atoms with van der Waals surface area (Å²) in [4.78, 5) is 11.4. The fraction of sp³-hybridized carbons (Fsp3) is 0.364. The summed E-state index contributed by atoms with van der Waals surface area (Å²) in [5.74, 6) is -0.336. The lowest BCUT2D eigenvalue weighted by molar-refractivity contribution is -0.119. The normalized spacial score (nSPS) is 11.6. The Bertz CT molecular complexity index is 526. The van der Waals surface area contributed by atoms with Crippen LogP contribution in [-0.4, -0.2) is 46.4 Å². The van der Waals surface area contributed by atoms with Crippen molar-refractivity contribution in [3.8, 4) is 0 Å². The minimum Gasteiger partial charge on any atom is -0.375 e. The first-order valence-corrected chi connectivity index (χ1v) is 6.63. The van der Waals surface area contributed by atoms with Gasteiger partial charge in [0.15, 0.2) is 0 Å². The molecule has 1 aromatic carbocycles. The van der Waals surface area contributed by atoms with Crippen LogP contribution < -0.4 is 5.32 Å². The van der Waals surface area contributed by atoms with E-state index in [4.69, 9.17) is 0 Å². The Morgan fingerprint density at radius 2 is 2.06 bits per heavy atom. The van der Waals surface area contributed by atoms with E-state index in [1.807, 2.05) is 0 Å². The topological polar surface area (TPSA) is 75.7 Å². The fourth-order valence-electron chi connectivity index (χ4n) is 1.27. The van der Waals surface area contributed by atoms with Crippen LogP contribution >= 0.6 is 0 Å². The van der Waals surface area contributed by atoms with Gasteiger partial charge in [-0.05, 0) is 18.2 Å². The van der Waals surface area contributed by atoms with Crippen LogP contribution in [0, 0.1) is 0 Å². The van der Waals surface area contributed by atoms with Crippen LogP contribution in [0.25, 0.3) is 0 Å². The van der Waals surface area contributed by atoms with Crippen molar-refractivity contribution in [2.45, 2.75) is 4.90 Å². The number of carbonyl (C=O) groups is 1. The van der Waals surface area contributed by atoms with Crippen LogP contribution in [0.1, 0.15) is 0 Å². The summed E-state index contributed by atoms with van der Waals surface area (Å²) >= 11 is 0. The van der Waals surface area contributed by atoms with Crippen molar-refractivity contribution in [3.05, 3.63) is 24.3 Å². The lowest BCUT2D eigenvalue weighted by Gasteiger charge is -2.12. The van der Waals surface area contributed by atoms with Crippen molar-refractivity contribution in [2.75, 3.05) is 33.1 Å². The summed E-state index contributed by atoms with van der Waals surface area (Å²) in [6.45, 7) is -0.0787. The molecule has 18 heavy (non-hydrogen) atoms. The van der Waals surface area contributed by atoms with E-state index in [9.17, 15) is 13.2 Å². The molecule has 0 saturated heterocycles. The molecule has 0 unspecified atom stereocenters. The van der Waals surface area contributed by atoms with E-state index in [0.717, 1.165) is 4.31 Å². The maximum atomic E-state index is 11.9. The number of nitrogens with one attached hydrogen (secondary N) is 1. The zero-order valence-electron chi connectivity index (χ0n) is 10.5. The minimum absolute atomic E-state index is 0.0787. The third-order valence-corrected chi connectivity index (χ3v) is 3.98. The number of anilines is 1. The number of nitrogens with zero attached hydrogens (tertiary/aromatic N) is 1. The predicted molar refractivity (Wildman–Crippen MR) is 67.8 cm³/mol. The second-order valence-corrected chi connectivity index (χ2v) is 5.95. The standard InChI is InChI=1S/C11H16N2O4S/c1-13(2)18(15,16)10-6-4-5-9(7-10)12-11(14)8-17-3/h4-7H,8H2,1-3H3,(H,12,14). The maximum absolute atomic E-state index is 11.9. The summed E-state index contributed by atoms with van der Waals surface area (Å²) in [7, 11) is 0.812. The molecule has 0 fully saturated rings. The number of methoxy groups -OCH3 is 1. The van der Waals surface area contributed by atoms with Crippen LogP contribution in [0.3, 0.4) is 0 Å². The van der Waals surface area contributed by atoms with Crippen LogP contribution in [0.5, 0.6) is 0 Å². The van der Waals surface area contributed by atoms with Gasteiger partial charge < -0.3 is 10.1 Å². The van der Waals surface area contributed by atoms with Crippen molar-refractivity contribution in [1.29, 1.82) is 0 Å². The fourth-order valence-corrected chi connectivity index (χ4v) is 2.22. The van der Waals surface area contributed by atoms with Gasteiger partial charge in [0, 0.05) is 26.9 Å². The molecule has 0 bridgehead atoms. The highest BCUT2D eigenvalue weighted by molar-refractivity contribution is 7.89. The number of carbonyl (C=O) groups excluding carboxylic acids is 1. The van der Waals surface area contributed by atoms with E-state index in [1.54, 1.807) is 12.1 Å². The van der Waals surface area contributed by atoms with Crippen molar-refractivity contribution in [3.63, 3.8) is 0 Å². The lowest BCUT2D eigenvalue weighted by atomic mass is 10.3. The number of hydrogen-bond acceptors (Lipinski definition) is 4. The number of ether oxygens (including phenoxy) is 1. The molecule has 100 valence electrons. The van der Waals surface area contributed by atoms with E-state index in [-0.39, 0.29) is 17.4 Å². The van der Waals surface area contributed by atoms with Gasteiger partial charge in [-0.2, -0.15) is 0 Å². The Kier molecular flexibility index (Phi) is 4.83. The Balaban J connectivity index is 2.97. The molecule has 0 aliphatic heterocycles. The molecule has 1 N–H and O–H groups in total. The van der Waals surface area contributed by atoms with Gasteiger partial charge in [-0.25, -0.2) is 12.7 Å². The number of rotatable bonds is 5. The third kappa shape index (κ3) is 3.52. The van der Waals surface area contributed by atoms with Crippen molar-refractivity contribution >= 4 is 21.6 Å². The molecule has 0 spiro atoms. The highest BCUT2D eigenvalue weighted by Crippen LogP contribution is 2.17. The van der Waals surface area contributed by atoms with Gasteiger partial charge in [-0.1, -0.05) is 6.07 Å². The lowest BCUT2D eigenvalue weighted by Crippen LogP contribution is -2.22. The van der Waals surface area contributed by atoms with Crippen LogP contribution in [0.15, 0.2) is 29.2 Å². The minimum atomic E-state index is -3.50. The van der Waals surface area contributed by atoms with E-state index >= 15 is 0 Å². The largest absolute Gasteiger partial charge is 0.375 e. The van der Waals surface area contributed by atoms with Gasteiger partial charge in [0.2, 0.25) is 15.9 Å². The molecule has 0 heterocycles. The number of sulfonamides is 1. The number of amides is 1. The summed E-state index contributed by atoms with van der Waals surface area (Å²) in [5, 5.41) is 2.55. The van der Waals surface area contributed by atoms with Crippen LogP contribution in [-0.2, 0) is 19.6 Å². The summed E-state index contributed by atoms with van der Waals surface area (Å²) in [6.07, 6.45) is 0. The van der Waals surface area contributed by atoms with Gasteiger partial charge >= 0.3 is 0 Å². The van der Waals surface area contributed by atoms with E-state index in [0.29, 0.717) is 5.69 Å². The highest BCUT2D eigenvalue weighted by atomic mass is 32.2. The van der Waals surface area contributed by atoms with Crippen LogP contribution in [0.4, 0.5) is 5.69 Å². The van der Waals surface area contributed by atoms with Crippen molar-refractivity contribution in [1.82, 2.24) is 4.31 Å². The number of hydrogen-bond donors (Lipinski definition) is 1. The third-order valence-electron chi connectivity index (χ3n) is 2.17. The number of benzene rings is 1.